The zero-order chi connectivity index (χ0) is 37.4. The molecular weight excluding hydrogens is 707 g/mol. The van der Waals surface area contributed by atoms with Crippen LogP contribution < -0.4 is 0 Å². The molecule has 0 aromatic heterocycles. The number of methoxy groups -OCH3 is 4. The first-order chi connectivity index (χ1) is 23.7. The molecule has 2 aliphatic rings. The second kappa shape index (κ2) is 16.3. The Hall–Kier alpha value is -6.14. The van der Waals surface area contributed by atoms with Crippen molar-refractivity contribution in [1.29, 1.82) is 0 Å². The van der Waals surface area contributed by atoms with E-state index in [1.165, 1.54) is 24.3 Å². The van der Waals surface area contributed by atoms with Crippen molar-refractivity contribution in [2.24, 2.45) is 0 Å². The van der Waals surface area contributed by atoms with E-state index < -0.39 is 57.9 Å². The predicted molar refractivity (Wildman–Crippen MR) is 176 cm³/mol. The fraction of sp³-hybridized carbons (Fsp3) is 0.200. The van der Waals surface area contributed by atoms with Crippen LogP contribution in [0, 0.1) is 20.2 Å². The molecule has 2 aliphatic heterocycles. The highest BCUT2D eigenvalue weighted by molar-refractivity contribution is 6.31. The van der Waals surface area contributed by atoms with Gasteiger partial charge in [0.15, 0.2) is 0 Å². The summed E-state index contributed by atoms with van der Waals surface area (Å²) in [7, 11) is 4.24. The van der Waals surface area contributed by atoms with Gasteiger partial charge in [-0.05, 0) is 66.4 Å². The molecule has 0 saturated carbocycles. The van der Waals surface area contributed by atoms with E-state index in [4.69, 9.17) is 23.2 Å². The molecule has 4 amide bonds. The first-order valence-corrected chi connectivity index (χ1v) is 14.5. The summed E-state index contributed by atoms with van der Waals surface area (Å²) in [6.45, 7) is 7.30. The molecule has 4 rings (SSSR count). The molecule has 50 heavy (non-hydrogen) atoms. The topological polar surface area (TPSA) is 204 Å². The van der Waals surface area contributed by atoms with E-state index in [9.17, 15) is 39.4 Å². The Morgan fingerprint density at radius 3 is 1.24 bits per heavy atom. The number of benzene rings is 2. The molecule has 20 heteroatoms. The minimum absolute atomic E-state index is 0.330. The number of amides is 4. The maximum atomic E-state index is 12.3. The largest absolute Gasteiger partial charge is 0.531 e. The number of fused-ring (bicyclic) bond motifs is 2. The molecule has 0 fully saturated rings. The molecule has 0 spiro atoms. The summed E-state index contributed by atoms with van der Waals surface area (Å²) in [5.74, 6) is -1.41. The number of halogens is 2. The summed E-state index contributed by atoms with van der Waals surface area (Å²) >= 11 is 11.9. The number of hydrazine groups is 2. The lowest BCUT2D eigenvalue weighted by molar-refractivity contribution is -0.449. The van der Waals surface area contributed by atoms with Crippen LogP contribution in [0.5, 0.6) is 0 Å². The minimum Gasteiger partial charge on any atom is -0.450 e. The second-order valence-electron chi connectivity index (χ2n) is 9.62. The number of nitrogens with zero attached hydrogens (tertiary/aromatic N) is 6. The average Bonchev–Trinajstić information content (AvgIpc) is 3.34. The molecule has 0 unspecified atom stereocenters. The monoisotopic (exact) mass is 734 g/mol. The van der Waals surface area contributed by atoms with Crippen LogP contribution in [0.25, 0.3) is 12.2 Å². The third-order valence-corrected chi connectivity index (χ3v) is 7.41. The number of hydrogen-bond acceptors (Lipinski definition) is 12. The SMILES string of the molecule is C=C[C@H]1c2ccc(Cl)cc2C=C([N+](=O)[O-])N(C(=O)OC)N1C(=O)OC.C=C[C@H]1c2ccc(Cl)cc2C=C([N+](=O)[O-])N(C(=O)OC)N1C(=O)OC. The maximum Gasteiger partial charge on any atom is 0.531 e. The van der Waals surface area contributed by atoms with Crippen molar-refractivity contribution in [3.05, 3.63) is 126 Å². The minimum atomic E-state index is -1.14. The summed E-state index contributed by atoms with van der Waals surface area (Å²) in [6, 6.07) is 7.35. The molecule has 18 nitrogen and oxygen atoms in total. The summed E-state index contributed by atoms with van der Waals surface area (Å²) in [5, 5.41) is 26.2. The number of carbonyl (C=O) groups excluding carboxylic acids is 4. The fourth-order valence-corrected chi connectivity index (χ4v) is 5.20. The number of ether oxygens (including phenoxy) is 4. The highest BCUT2D eigenvalue weighted by Crippen LogP contribution is 2.37. The quantitative estimate of drug-likeness (QED) is 0.145. The van der Waals surface area contributed by atoms with E-state index in [-0.39, 0.29) is 0 Å². The van der Waals surface area contributed by atoms with Crippen LogP contribution in [0.2, 0.25) is 10.0 Å². The summed E-state index contributed by atoms with van der Waals surface area (Å²) in [6.07, 6.45) is 0.636. The van der Waals surface area contributed by atoms with Crippen molar-refractivity contribution in [2.45, 2.75) is 12.1 Å². The highest BCUT2D eigenvalue weighted by Gasteiger charge is 2.48. The molecular formula is C30H28Cl2N6O12. The predicted octanol–water partition coefficient (Wildman–Crippen LogP) is 6.42. The van der Waals surface area contributed by atoms with E-state index in [0.29, 0.717) is 42.3 Å². The number of hydrogen-bond donors (Lipinski definition) is 0. The summed E-state index contributed by atoms with van der Waals surface area (Å²) in [5.41, 5.74) is 1.64. The van der Waals surface area contributed by atoms with Gasteiger partial charge in [0.2, 0.25) is 0 Å². The van der Waals surface area contributed by atoms with Gasteiger partial charge in [-0.15, -0.1) is 23.2 Å². The van der Waals surface area contributed by atoms with E-state index >= 15 is 0 Å². The Morgan fingerprint density at radius 1 is 0.660 bits per heavy atom. The Morgan fingerprint density at radius 2 is 0.980 bits per heavy atom. The van der Waals surface area contributed by atoms with Gasteiger partial charge in [-0.2, -0.15) is 9.59 Å². The number of nitro groups is 2. The van der Waals surface area contributed by atoms with Gasteiger partial charge in [0.05, 0.1) is 28.4 Å². The van der Waals surface area contributed by atoms with Gasteiger partial charge < -0.3 is 39.2 Å². The highest BCUT2D eigenvalue weighted by atomic mass is 35.5. The summed E-state index contributed by atoms with van der Waals surface area (Å²) < 4.78 is 18.6. The van der Waals surface area contributed by atoms with Crippen molar-refractivity contribution in [2.75, 3.05) is 28.4 Å². The normalized spacial score (nSPS) is 16.3. The molecule has 2 atom stereocenters. The Kier molecular flexibility index (Phi) is 12.5. The molecule has 2 heterocycles. The first kappa shape index (κ1) is 38.3. The van der Waals surface area contributed by atoms with Crippen molar-refractivity contribution < 1.29 is 48.0 Å². The van der Waals surface area contributed by atoms with Crippen LogP contribution in [-0.4, -0.2) is 82.7 Å². The third kappa shape index (κ3) is 7.61. The Balaban J connectivity index is 0.000000270. The van der Waals surface area contributed by atoms with Crippen molar-refractivity contribution in [1.82, 2.24) is 20.0 Å². The molecule has 0 radical (unpaired) electrons. The van der Waals surface area contributed by atoms with Crippen molar-refractivity contribution >= 4 is 59.7 Å². The summed E-state index contributed by atoms with van der Waals surface area (Å²) in [4.78, 5) is 70.4. The molecule has 264 valence electrons. The van der Waals surface area contributed by atoms with E-state index in [2.05, 4.69) is 32.1 Å². The van der Waals surface area contributed by atoms with Gasteiger partial charge >= 0.3 is 36.0 Å². The molecule has 0 N–H and O–H groups in total. The molecule has 0 saturated heterocycles. The van der Waals surface area contributed by atoms with Gasteiger partial charge in [0, 0.05) is 22.2 Å². The Labute approximate surface area is 293 Å². The van der Waals surface area contributed by atoms with E-state index in [0.717, 1.165) is 50.6 Å². The fourth-order valence-electron chi connectivity index (χ4n) is 4.84. The lowest BCUT2D eigenvalue weighted by Crippen LogP contribution is -2.51. The van der Waals surface area contributed by atoms with Crippen LogP contribution in [0.1, 0.15) is 34.3 Å². The zero-order valence-electron chi connectivity index (χ0n) is 26.7. The van der Waals surface area contributed by atoms with E-state index in [1.807, 2.05) is 0 Å². The van der Waals surface area contributed by atoms with Crippen LogP contribution >= 0.6 is 23.2 Å². The number of carbonyl (C=O) groups is 4. The van der Waals surface area contributed by atoms with Crippen LogP contribution in [0.4, 0.5) is 19.2 Å². The number of rotatable bonds is 4. The lowest BCUT2D eigenvalue weighted by atomic mass is 10.00. The smallest absolute Gasteiger partial charge is 0.450 e. The van der Waals surface area contributed by atoms with Gasteiger partial charge in [-0.25, -0.2) is 9.59 Å². The third-order valence-electron chi connectivity index (χ3n) is 6.94. The molecule has 0 bridgehead atoms. The van der Waals surface area contributed by atoms with E-state index in [1.54, 1.807) is 24.3 Å². The average molecular weight is 735 g/mol. The van der Waals surface area contributed by atoms with Gasteiger partial charge in [0.1, 0.15) is 12.1 Å². The first-order valence-electron chi connectivity index (χ1n) is 13.8. The zero-order valence-corrected chi connectivity index (χ0v) is 28.2. The lowest BCUT2D eigenvalue weighted by Gasteiger charge is -2.29. The van der Waals surface area contributed by atoms with Crippen LogP contribution in [0.3, 0.4) is 0 Å². The van der Waals surface area contributed by atoms with Gasteiger partial charge in [-0.3, -0.25) is 0 Å². The standard InChI is InChI=1S/2C15H14ClN3O6/c2*1-4-12-11-6-5-10(16)7-9(11)8-13(19(22)23)18(15(21)25-3)17(12)14(20)24-2/h2*4-8,12H,1H2,2-3H3/t2*12-/m00/s1. The van der Waals surface area contributed by atoms with Crippen LogP contribution in [-0.2, 0) is 18.9 Å². The molecule has 2 aromatic carbocycles. The molecule has 2 aromatic rings. The van der Waals surface area contributed by atoms with Crippen LogP contribution in [0.15, 0.2) is 73.4 Å². The molecule has 0 aliphatic carbocycles. The van der Waals surface area contributed by atoms with Crippen molar-refractivity contribution in [3.8, 4) is 0 Å². The van der Waals surface area contributed by atoms with Gasteiger partial charge in [0.25, 0.3) is 0 Å². The van der Waals surface area contributed by atoms with Gasteiger partial charge in [-0.1, -0.05) is 47.5 Å². The van der Waals surface area contributed by atoms with Crippen molar-refractivity contribution in [3.63, 3.8) is 0 Å². The maximum absolute atomic E-state index is 12.3. The second-order valence-corrected chi connectivity index (χ2v) is 10.5. The Bertz CT molecular complexity index is 1690.